The molecule has 0 aliphatic heterocycles. The Kier molecular flexibility index (Phi) is 3.67. The molecule has 2 aromatic rings. The summed E-state index contributed by atoms with van der Waals surface area (Å²) in [6, 6.07) is 9.88. The van der Waals surface area contributed by atoms with Gasteiger partial charge in [0.1, 0.15) is 5.82 Å². The van der Waals surface area contributed by atoms with Gasteiger partial charge in [-0.05, 0) is 35.4 Å². The molecule has 0 radical (unpaired) electrons. The smallest absolute Gasteiger partial charge is 0.124 e. The zero-order valence-electron chi connectivity index (χ0n) is 8.88. The Bertz CT molecular complexity index is 555. The highest BCUT2D eigenvalue weighted by Gasteiger charge is 2.08. The van der Waals surface area contributed by atoms with Crippen LogP contribution in [0.2, 0.25) is 10.0 Å². The molecule has 2 N–H and O–H groups in total. The molecule has 17 heavy (non-hydrogen) atoms. The van der Waals surface area contributed by atoms with Crippen molar-refractivity contribution < 1.29 is 4.39 Å². The molecular formula is C13H10Cl2FN. The maximum Gasteiger partial charge on any atom is 0.124 e. The molecule has 2 aromatic carbocycles. The minimum absolute atomic E-state index is 0.281. The summed E-state index contributed by atoms with van der Waals surface area (Å²) in [4.78, 5) is 0. The minimum atomic E-state index is -0.334. The summed E-state index contributed by atoms with van der Waals surface area (Å²) in [5.41, 5.74) is 7.61. The van der Waals surface area contributed by atoms with Crippen LogP contribution in [0, 0.1) is 5.82 Å². The van der Waals surface area contributed by atoms with Crippen LogP contribution in [0.3, 0.4) is 0 Å². The van der Waals surface area contributed by atoms with Crippen LogP contribution in [0.15, 0.2) is 36.4 Å². The summed E-state index contributed by atoms with van der Waals surface area (Å²) in [5.74, 6) is -0.334. The van der Waals surface area contributed by atoms with Crippen molar-refractivity contribution in [2.24, 2.45) is 5.73 Å². The van der Waals surface area contributed by atoms with Crippen molar-refractivity contribution in [1.82, 2.24) is 0 Å². The number of rotatable bonds is 2. The van der Waals surface area contributed by atoms with Crippen molar-refractivity contribution in [2.75, 3.05) is 0 Å². The molecule has 1 nitrogen and oxygen atoms in total. The Labute approximate surface area is 109 Å². The first-order valence-corrected chi connectivity index (χ1v) is 5.81. The predicted octanol–water partition coefficient (Wildman–Crippen LogP) is 4.26. The normalized spacial score (nSPS) is 10.6. The van der Waals surface area contributed by atoms with Crippen molar-refractivity contribution in [3.05, 3.63) is 57.8 Å². The first-order valence-electron chi connectivity index (χ1n) is 5.05. The molecule has 0 aromatic heterocycles. The molecule has 0 atom stereocenters. The summed E-state index contributed by atoms with van der Waals surface area (Å²) >= 11 is 12.0. The van der Waals surface area contributed by atoms with Crippen LogP contribution in [0.25, 0.3) is 11.1 Å². The van der Waals surface area contributed by atoms with Gasteiger partial charge in [-0.2, -0.15) is 0 Å². The van der Waals surface area contributed by atoms with Gasteiger partial charge >= 0.3 is 0 Å². The van der Waals surface area contributed by atoms with E-state index in [1.165, 1.54) is 12.1 Å². The molecule has 0 fully saturated rings. The Hall–Kier alpha value is -1.09. The van der Waals surface area contributed by atoms with E-state index in [1.807, 2.05) is 0 Å². The van der Waals surface area contributed by atoms with Crippen LogP contribution < -0.4 is 5.73 Å². The first kappa shape index (κ1) is 12.4. The third kappa shape index (κ3) is 2.60. The number of halogens is 3. The van der Waals surface area contributed by atoms with Crippen LogP contribution in [0.4, 0.5) is 4.39 Å². The topological polar surface area (TPSA) is 26.0 Å². The number of nitrogens with two attached hydrogens (primary N) is 1. The van der Waals surface area contributed by atoms with Crippen LogP contribution in [0.1, 0.15) is 5.56 Å². The lowest BCUT2D eigenvalue weighted by Gasteiger charge is -2.08. The fourth-order valence-corrected chi connectivity index (χ4v) is 2.06. The Morgan fingerprint density at radius 1 is 1.12 bits per heavy atom. The molecule has 0 saturated heterocycles. The monoisotopic (exact) mass is 269 g/mol. The molecule has 0 unspecified atom stereocenters. The highest BCUT2D eigenvalue weighted by Crippen LogP contribution is 2.34. The van der Waals surface area contributed by atoms with Gasteiger partial charge in [0, 0.05) is 12.1 Å². The quantitative estimate of drug-likeness (QED) is 0.866. The third-order valence-corrected chi connectivity index (χ3v) is 3.27. The fraction of sp³-hybridized carbons (Fsp3) is 0.0769. The molecule has 0 bridgehead atoms. The minimum Gasteiger partial charge on any atom is -0.326 e. The third-order valence-electron chi connectivity index (χ3n) is 2.46. The molecule has 88 valence electrons. The van der Waals surface area contributed by atoms with E-state index >= 15 is 0 Å². The number of benzene rings is 2. The Morgan fingerprint density at radius 2 is 1.88 bits per heavy atom. The van der Waals surface area contributed by atoms with E-state index < -0.39 is 0 Å². The largest absolute Gasteiger partial charge is 0.326 e. The summed E-state index contributed by atoms with van der Waals surface area (Å²) < 4.78 is 13.4. The molecule has 0 aliphatic carbocycles. The van der Waals surface area contributed by atoms with E-state index in [4.69, 9.17) is 28.9 Å². The molecule has 0 amide bonds. The number of hydrogen-bond acceptors (Lipinski definition) is 1. The van der Waals surface area contributed by atoms with E-state index in [0.717, 1.165) is 5.56 Å². The lowest BCUT2D eigenvalue weighted by atomic mass is 10.0. The Morgan fingerprint density at radius 3 is 2.59 bits per heavy atom. The van der Waals surface area contributed by atoms with Crippen LogP contribution >= 0.6 is 23.2 Å². The molecule has 0 spiro atoms. The predicted molar refractivity (Wildman–Crippen MR) is 69.7 cm³/mol. The van der Waals surface area contributed by atoms with Gasteiger partial charge in [-0.3, -0.25) is 0 Å². The molecule has 0 aliphatic rings. The van der Waals surface area contributed by atoms with Gasteiger partial charge < -0.3 is 5.73 Å². The maximum atomic E-state index is 13.4. The average molecular weight is 270 g/mol. The lowest BCUT2D eigenvalue weighted by Crippen LogP contribution is -1.97. The van der Waals surface area contributed by atoms with E-state index in [1.54, 1.807) is 24.3 Å². The summed E-state index contributed by atoms with van der Waals surface area (Å²) in [5, 5.41) is 0.866. The molecule has 4 heteroatoms. The maximum absolute atomic E-state index is 13.4. The molecule has 0 saturated carbocycles. The molecule has 0 heterocycles. The van der Waals surface area contributed by atoms with Crippen molar-refractivity contribution in [2.45, 2.75) is 6.54 Å². The van der Waals surface area contributed by atoms with Crippen LogP contribution in [0.5, 0.6) is 0 Å². The standard InChI is InChI=1S/C13H10Cl2FN/c14-12-3-1-2-11(13(12)15)9-4-8(7-17)5-10(16)6-9/h1-6H,7,17H2. The van der Waals surface area contributed by atoms with E-state index in [0.29, 0.717) is 21.2 Å². The zero-order valence-corrected chi connectivity index (χ0v) is 10.4. The highest BCUT2D eigenvalue weighted by atomic mass is 35.5. The van der Waals surface area contributed by atoms with Crippen LogP contribution in [-0.4, -0.2) is 0 Å². The second-order valence-corrected chi connectivity index (χ2v) is 4.44. The van der Waals surface area contributed by atoms with Gasteiger partial charge in [0.05, 0.1) is 10.0 Å². The van der Waals surface area contributed by atoms with E-state index in [-0.39, 0.29) is 12.4 Å². The van der Waals surface area contributed by atoms with Crippen molar-refractivity contribution in [3.63, 3.8) is 0 Å². The van der Waals surface area contributed by atoms with Gasteiger partial charge in [-0.1, -0.05) is 35.3 Å². The summed E-state index contributed by atoms with van der Waals surface area (Å²) in [6.07, 6.45) is 0. The highest BCUT2D eigenvalue weighted by molar-refractivity contribution is 6.43. The lowest BCUT2D eigenvalue weighted by molar-refractivity contribution is 0.626. The summed E-state index contributed by atoms with van der Waals surface area (Å²) in [6.45, 7) is 0.281. The second-order valence-electron chi connectivity index (χ2n) is 3.65. The Balaban J connectivity index is 2.60. The van der Waals surface area contributed by atoms with Crippen molar-refractivity contribution in [1.29, 1.82) is 0 Å². The fourth-order valence-electron chi connectivity index (χ4n) is 1.65. The first-order chi connectivity index (χ1) is 8.11. The SMILES string of the molecule is NCc1cc(F)cc(-c2cccc(Cl)c2Cl)c1. The number of hydrogen-bond donors (Lipinski definition) is 1. The van der Waals surface area contributed by atoms with Crippen molar-refractivity contribution in [3.8, 4) is 11.1 Å². The molecule has 2 rings (SSSR count). The van der Waals surface area contributed by atoms with Gasteiger partial charge in [0.15, 0.2) is 0 Å². The average Bonchev–Trinajstić information content (AvgIpc) is 2.31. The zero-order chi connectivity index (χ0) is 12.4. The van der Waals surface area contributed by atoms with E-state index in [2.05, 4.69) is 0 Å². The second kappa shape index (κ2) is 5.05. The van der Waals surface area contributed by atoms with Gasteiger partial charge in [0.25, 0.3) is 0 Å². The molecular weight excluding hydrogens is 260 g/mol. The van der Waals surface area contributed by atoms with E-state index in [9.17, 15) is 4.39 Å². The van der Waals surface area contributed by atoms with Crippen molar-refractivity contribution >= 4 is 23.2 Å². The van der Waals surface area contributed by atoms with Crippen LogP contribution in [-0.2, 0) is 6.54 Å². The van der Waals surface area contributed by atoms with Gasteiger partial charge in [0.2, 0.25) is 0 Å². The summed E-state index contributed by atoms with van der Waals surface area (Å²) in [7, 11) is 0. The van der Waals surface area contributed by atoms with Gasteiger partial charge in [-0.25, -0.2) is 4.39 Å². The van der Waals surface area contributed by atoms with Gasteiger partial charge in [-0.15, -0.1) is 0 Å².